The standard InChI is InChI=1S/C25H22Cl2F2N4O/c26-19-5-3-17(4-6-19)2-1-9-32-10-12-33(13-11-32)23-16-21(29)20(28)15-22(23)31-25(34)18-7-8-30-24(27)14-18/h1-8,14-16H,9-13H2,(H,31,34)/b2-1+. The molecule has 176 valence electrons. The van der Waals surface area contributed by atoms with Crippen molar-refractivity contribution in [2.75, 3.05) is 42.9 Å². The van der Waals surface area contributed by atoms with Gasteiger partial charge in [0.05, 0.1) is 11.4 Å². The number of halogens is 4. The van der Waals surface area contributed by atoms with E-state index >= 15 is 0 Å². The first-order chi connectivity index (χ1) is 16.4. The summed E-state index contributed by atoms with van der Waals surface area (Å²) in [5.41, 5.74) is 1.98. The number of piperazine rings is 1. The second kappa shape index (κ2) is 11.0. The summed E-state index contributed by atoms with van der Waals surface area (Å²) in [5, 5.41) is 3.54. The Balaban J connectivity index is 1.41. The summed E-state index contributed by atoms with van der Waals surface area (Å²) in [6.07, 6.45) is 5.53. The molecular formula is C25H22Cl2F2N4O. The molecule has 2 aromatic carbocycles. The molecule has 1 aliphatic heterocycles. The number of rotatable bonds is 6. The number of benzene rings is 2. The number of nitrogens with one attached hydrogen (secondary N) is 1. The third-order valence-corrected chi connectivity index (χ3v) is 5.99. The van der Waals surface area contributed by atoms with Gasteiger partial charge < -0.3 is 10.2 Å². The molecule has 3 aromatic rings. The van der Waals surface area contributed by atoms with Gasteiger partial charge in [-0.1, -0.05) is 47.5 Å². The number of pyridine rings is 1. The molecule has 0 saturated carbocycles. The highest BCUT2D eigenvalue weighted by molar-refractivity contribution is 6.30. The van der Waals surface area contributed by atoms with Gasteiger partial charge in [0, 0.05) is 61.6 Å². The molecule has 9 heteroatoms. The number of amides is 1. The molecular weight excluding hydrogens is 481 g/mol. The first-order valence-corrected chi connectivity index (χ1v) is 11.5. The van der Waals surface area contributed by atoms with Crippen molar-refractivity contribution < 1.29 is 13.6 Å². The van der Waals surface area contributed by atoms with Gasteiger partial charge in [0.25, 0.3) is 5.91 Å². The summed E-state index contributed by atoms with van der Waals surface area (Å²) in [5.74, 6) is -2.48. The van der Waals surface area contributed by atoms with Gasteiger partial charge in [-0.2, -0.15) is 0 Å². The van der Waals surface area contributed by atoms with Crippen molar-refractivity contribution in [3.63, 3.8) is 0 Å². The Morgan fingerprint density at radius 2 is 1.71 bits per heavy atom. The van der Waals surface area contributed by atoms with E-state index in [1.54, 1.807) is 0 Å². The number of hydrogen-bond acceptors (Lipinski definition) is 4. The Morgan fingerprint density at radius 3 is 2.41 bits per heavy atom. The Labute approximate surface area is 206 Å². The number of carbonyl (C=O) groups is 1. The van der Waals surface area contributed by atoms with Crippen LogP contribution in [0.25, 0.3) is 6.08 Å². The number of anilines is 2. The fourth-order valence-corrected chi connectivity index (χ4v) is 4.02. The molecule has 2 heterocycles. The van der Waals surface area contributed by atoms with E-state index in [0.717, 1.165) is 37.3 Å². The van der Waals surface area contributed by atoms with Crippen LogP contribution in [0.1, 0.15) is 15.9 Å². The van der Waals surface area contributed by atoms with Crippen molar-refractivity contribution in [3.8, 4) is 0 Å². The largest absolute Gasteiger partial charge is 0.367 e. The first kappa shape index (κ1) is 24.1. The third kappa shape index (κ3) is 6.11. The smallest absolute Gasteiger partial charge is 0.255 e. The highest BCUT2D eigenvalue weighted by Crippen LogP contribution is 2.30. The molecule has 1 aliphatic rings. The molecule has 1 saturated heterocycles. The van der Waals surface area contributed by atoms with Crippen molar-refractivity contribution in [1.82, 2.24) is 9.88 Å². The molecule has 0 spiro atoms. The average molecular weight is 503 g/mol. The molecule has 0 radical (unpaired) electrons. The van der Waals surface area contributed by atoms with Crippen LogP contribution < -0.4 is 10.2 Å². The van der Waals surface area contributed by atoms with E-state index in [0.29, 0.717) is 23.8 Å². The van der Waals surface area contributed by atoms with Crippen LogP contribution in [0.4, 0.5) is 20.2 Å². The van der Waals surface area contributed by atoms with Gasteiger partial charge in [0.15, 0.2) is 11.6 Å². The van der Waals surface area contributed by atoms with Crippen LogP contribution in [-0.2, 0) is 0 Å². The second-order valence-electron chi connectivity index (χ2n) is 7.85. The van der Waals surface area contributed by atoms with Crippen molar-refractivity contribution in [1.29, 1.82) is 0 Å². The Kier molecular flexibility index (Phi) is 7.77. The van der Waals surface area contributed by atoms with E-state index in [-0.39, 0.29) is 16.4 Å². The fraction of sp³-hybridized carbons (Fsp3) is 0.200. The van der Waals surface area contributed by atoms with Crippen molar-refractivity contribution in [2.45, 2.75) is 0 Å². The van der Waals surface area contributed by atoms with E-state index in [1.807, 2.05) is 35.2 Å². The number of nitrogens with zero attached hydrogens (tertiary/aromatic N) is 3. The van der Waals surface area contributed by atoms with Gasteiger partial charge in [0.2, 0.25) is 0 Å². The predicted molar refractivity (Wildman–Crippen MR) is 133 cm³/mol. The van der Waals surface area contributed by atoms with Crippen molar-refractivity contribution in [3.05, 3.63) is 93.7 Å². The van der Waals surface area contributed by atoms with Gasteiger partial charge >= 0.3 is 0 Å². The summed E-state index contributed by atoms with van der Waals surface area (Å²) in [6.45, 7) is 3.43. The fourth-order valence-electron chi connectivity index (χ4n) is 3.72. The maximum Gasteiger partial charge on any atom is 0.255 e. The molecule has 34 heavy (non-hydrogen) atoms. The molecule has 1 fully saturated rings. The van der Waals surface area contributed by atoms with Gasteiger partial charge in [-0.3, -0.25) is 9.69 Å². The lowest BCUT2D eigenvalue weighted by Gasteiger charge is -2.36. The van der Waals surface area contributed by atoms with E-state index in [4.69, 9.17) is 23.2 Å². The minimum atomic E-state index is -1.03. The maximum atomic E-state index is 14.1. The van der Waals surface area contributed by atoms with Gasteiger partial charge in [-0.05, 0) is 29.8 Å². The van der Waals surface area contributed by atoms with Crippen LogP contribution in [0, 0.1) is 11.6 Å². The maximum absolute atomic E-state index is 14.1. The molecule has 1 N–H and O–H groups in total. The highest BCUT2D eigenvalue weighted by atomic mass is 35.5. The Bertz CT molecular complexity index is 1200. The molecule has 0 atom stereocenters. The van der Waals surface area contributed by atoms with Crippen LogP contribution in [0.5, 0.6) is 0 Å². The Hall–Kier alpha value is -3.00. The topological polar surface area (TPSA) is 48.5 Å². The Morgan fingerprint density at radius 1 is 1.00 bits per heavy atom. The van der Waals surface area contributed by atoms with Gasteiger partial charge in [-0.15, -0.1) is 0 Å². The summed E-state index contributed by atoms with van der Waals surface area (Å²) in [6, 6.07) is 12.6. The van der Waals surface area contributed by atoms with Crippen LogP contribution in [-0.4, -0.2) is 48.5 Å². The number of hydrogen-bond donors (Lipinski definition) is 1. The average Bonchev–Trinajstić information content (AvgIpc) is 2.83. The van der Waals surface area contributed by atoms with Crippen molar-refractivity contribution >= 4 is 46.6 Å². The summed E-state index contributed by atoms with van der Waals surface area (Å²) in [7, 11) is 0. The van der Waals surface area contributed by atoms with Crippen LogP contribution in [0.2, 0.25) is 10.2 Å². The summed E-state index contributed by atoms with van der Waals surface area (Å²) >= 11 is 11.8. The van der Waals surface area contributed by atoms with Crippen LogP contribution >= 0.6 is 23.2 Å². The lowest BCUT2D eigenvalue weighted by atomic mass is 10.1. The molecule has 0 unspecified atom stereocenters. The monoisotopic (exact) mass is 502 g/mol. The summed E-state index contributed by atoms with van der Waals surface area (Å²) < 4.78 is 28.1. The van der Waals surface area contributed by atoms with Gasteiger partial charge in [0.1, 0.15) is 5.15 Å². The van der Waals surface area contributed by atoms with Crippen LogP contribution in [0.3, 0.4) is 0 Å². The molecule has 5 nitrogen and oxygen atoms in total. The molecule has 0 aliphatic carbocycles. The minimum Gasteiger partial charge on any atom is -0.367 e. The normalized spacial score (nSPS) is 14.5. The third-order valence-electron chi connectivity index (χ3n) is 5.53. The molecule has 4 rings (SSSR count). The number of aromatic nitrogens is 1. The predicted octanol–water partition coefficient (Wildman–Crippen LogP) is 5.75. The molecule has 1 amide bonds. The van der Waals surface area contributed by atoms with E-state index in [1.165, 1.54) is 18.3 Å². The quantitative estimate of drug-likeness (QED) is 0.435. The highest BCUT2D eigenvalue weighted by Gasteiger charge is 2.22. The van der Waals surface area contributed by atoms with E-state index < -0.39 is 17.5 Å². The lowest BCUT2D eigenvalue weighted by Crippen LogP contribution is -2.46. The van der Waals surface area contributed by atoms with Gasteiger partial charge in [-0.25, -0.2) is 13.8 Å². The van der Waals surface area contributed by atoms with E-state index in [9.17, 15) is 13.6 Å². The minimum absolute atomic E-state index is 0.166. The molecule has 1 aromatic heterocycles. The summed E-state index contributed by atoms with van der Waals surface area (Å²) in [4.78, 5) is 20.7. The zero-order valence-corrected chi connectivity index (χ0v) is 19.7. The zero-order chi connectivity index (χ0) is 24.1. The second-order valence-corrected chi connectivity index (χ2v) is 8.67. The number of carbonyl (C=O) groups excluding carboxylic acids is 1. The SMILES string of the molecule is O=C(Nc1cc(F)c(F)cc1N1CCN(C/C=C/c2ccc(Cl)cc2)CC1)c1ccnc(Cl)c1. The first-order valence-electron chi connectivity index (χ1n) is 10.7. The van der Waals surface area contributed by atoms with Crippen molar-refractivity contribution in [2.24, 2.45) is 0 Å². The van der Waals surface area contributed by atoms with E-state index in [2.05, 4.69) is 21.3 Å². The molecule has 0 bridgehead atoms. The zero-order valence-electron chi connectivity index (χ0n) is 18.1. The van der Waals surface area contributed by atoms with Crippen LogP contribution in [0.15, 0.2) is 60.8 Å². The lowest BCUT2D eigenvalue weighted by molar-refractivity contribution is 0.102.